The fourth-order valence-electron chi connectivity index (χ4n) is 2.19. The van der Waals surface area contributed by atoms with Crippen molar-refractivity contribution in [3.63, 3.8) is 0 Å². The highest BCUT2D eigenvalue weighted by Gasteiger charge is 2.03. The molecule has 0 aliphatic rings. The fourth-order valence-corrected chi connectivity index (χ4v) is 2.19. The second-order valence-corrected chi connectivity index (χ2v) is 5.14. The van der Waals surface area contributed by atoms with Gasteiger partial charge in [0.15, 0.2) is 0 Å². The lowest BCUT2D eigenvalue weighted by Gasteiger charge is -2.12. The van der Waals surface area contributed by atoms with Crippen LogP contribution in [0.4, 0.5) is 17.1 Å². The number of aryl methyl sites for hydroxylation is 1. The number of ether oxygens (including phenoxy) is 1. The summed E-state index contributed by atoms with van der Waals surface area (Å²) < 4.78 is 5.84. The first-order chi connectivity index (χ1) is 10.7. The fraction of sp³-hybridized carbons (Fsp3) is 0.0526. The second kappa shape index (κ2) is 6.22. The van der Waals surface area contributed by atoms with Crippen molar-refractivity contribution in [3.05, 3.63) is 78.4 Å². The molecule has 0 heterocycles. The van der Waals surface area contributed by atoms with Gasteiger partial charge in [-0.25, -0.2) is 0 Å². The Morgan fingerprint density at radius 2 is 1.50 bits per heavy atom. The molecular formula is C19H18N2O. The summed E-state index contributed by atoms with van der Waals surface area (Å²) in [5, 5.41) is 3.40. The number of anilines is 3. The van der Waals surface area contributed by atoms with Crippen LogP contribution in [0.5, 0.6) is 11.5 Å². The Balaban J connectivity index is 1.75. The number of nitrogens with two attached hydrogens (primary N) is 1. The third-order valence-corrected chi connectivity index (χ3v) is 3.37. The van der Waals surface area contributed by atoms with E-state index in [0.717, 1.165) is 34.1 Å². The van der Waals surface area contributed by atoms with Gasteiger partial charge >= 0.3 is 0 Å². The molecule has 0 aliphatic carbocycles. The summed E-state index contributed by atoms with van der Waals surface area (Å²) in [5.41, 5.74) is 9.66. The van der Waals surface area contributed by atoms with E-state index in [4.69, 9.17) is 10.5 Å². The van der Waals surface area contributed by atoms with Gasteiger partial charge in [-0.1, -0.05) is 18.2 Å². The highest BCUT2D eigenvalue weighted by Crippen LogP contribution is 2.28. The highest BCUT2D eigenvalue weighted by atomic mass is 16.5. The summed E-state index contributed by atoms with van der Waals surface area (Å²) >= 11 is 0. The molecule has 22 heavy (non-hydrogen) atoms. The molecule has 0 atom stereocenters. The van der Waals surface area contributed by atoms with Crippen LogP contribution in [0.1, 0.15) is 5.56 Å². The van der Waals surface area contributed by atoms with E-state index >= 15 is 0 Å². The summed E-state index contributed by atoms with van der Waals surface area (Å²) in [6.45, 7) is 2.06. The monoisotopic (exact) mass is 290 g/mol. The van der Waals surface area contributed by atoms with E-state index in [9.17, 15) is 0 Å². The predicted octanol–water partition coefficient (Wildman–Crippen LogP) is 5.11. The lowest BCUT2D eigenvalue weighted by molar-refractivity contribution is 0.482. The molecule has 0 saturated heterocycles. The topological polar surface area (TPSA) is 47.3 Å². The Kier molecular flexibility index (Phi) is 3.97. The van der Waals surface area contributed by atoms with Gasteiger partial charge in [-0.2, -0.15) is 0 Å². The molecular weight excluding hydrogens is 272 g/mol. The van der Waals surface area contributed by atoms with Crippen LogP contribution < -0.4 is 15.8 Å². The van der Waals surface area contributed by atoms with Crippen LogP contribution in [0.25, 0.3) is 0 Å². The number of hydrogen-bond acceptors (Lipinski definition) is 3. The Morgan fingerprint density at radius 3 is 2.18 bits per heavy atom. The molecule has 110 valence electrons. The standard InChI is InChI=1S/C19H18N2O/c1-14-13-18(22-17-9-7-15(20)8-10-17)11-12-19(14)21-16-5-3-2-4-6-16/h2-13,21H,20H2,1H3. The molecule has 0 fully saturated rings. The minimum absolute atomic E-state index is 0.728. The van der Waals surface area contributed by atoms with Gasteiger partial charge in [0.2, 0.25) is 0 Å². The summed E-state index contributed by atoms with van der Waals surface area (Å²) in [7, 11) is 0. The molecule has 3 heteroatoms. The molecule has 3 aromatic rings. The summed E-state index contributed by atoms with van der Waals surface area (Å²) in [4.78, 5) is 0. The zero-order valence-electron chi connectivity index (χ0n) is 12.4. The summed E-state index contributed by atoms with van der Waals surface area (Å²) in [6, 6.07) is 23.5. The molecule has 3 aromatic carbocycles. The van der Waals surface area contributed by atoms with E-state index < -0.39 is 0 Å². The van der Waals surface area contributed by atoms with Crippen LogP contribution >= 0.6 is 0 Å². The van der Waals surface area contributed by atoms with Crippen molar-refractivity contribution in [2.24, 2.45) is 0 Å². The van der Waals surface area contributed by atoms with E-state index in [1.54, 1.807) is 0 Å². The normalized spacial score (nSPS) is 10.2. The lowest BCUT2D eigenvalue weighted by Crippen LogP contribution is -1.93. The molecule has 3 rings (SSSR count). The predicted molar refractivity (Wildman–Crippen MR) is 91.8 cm³/mol. The minimum Gasteiger partial charge on any atom is -0.457 e. The Morgan fingerprint density at radius 1 is 0.818 bits per heavy atom. The van der Waals surface area contributed by atoms with Crippen molar-refractivity contribution >= 4 is 17.1 Å². The smallest absolute Gasteiger partial charge is 0.127 e. The lowest BCUT2D eigenvalue weighted by atomic mass is 10.2. The molecule has 3 N–H and O–H groups in total. The van der Waals surface area contributed by atoms with Crippen LogP contribution in [-0.2, 0) is 0 Å². The molecule has 0 amide bonds. The number of hydrogen-bond donors (Lipinski definition) is 2. The summed E-state index contributed by atoms with van der Waals surface area (Å²) in [5.74, 6) is 1.58. The van der Waals surface area contributed by atoms with Crippen molar-refractivity contribution in [1.82, 2.24) is 0 Å². The average Bonchev–Trinajstić information content (AvgIpc) is 2.53. The van der Waals surface area contributed by atoms with Crippen molar-refractivity contribution in [1.29, 1.82) is 0 Å². The molecule has 0 saturated carbocycles. The van der Waals surface area contributed by atoms with Gasteiger partial charge in [-0.05, 0) is 67.1 Å². The van der Waals surface area contributed by atoms with Gasteiger partial charge in [0, 0.05) is 17.1 Å². The van der Waals surface area contributed by atoms with Gasteiger partial charge in [0.05, 0.1) is 0 Å². The number of rotatable bonds is 4. The third-order valence-electron chi connectivity index (χ3n) is 3.37. The van der Waals surface area contributed by atoms with Crippen LogP contribution in [0, 0.1) is 6.92 Å². The van der Waals surface area contributed by atoms with E-state index in [1.807, 2.05) is 72.8 Å². The molecule has 0 aliphatic heterocycles. The van der Waals surface area contributed by atoms with E-state index in [0.29, 0.717) is 0 Å². The third kappa shape index (κ3) is 3.38. The van der Waals surface area contributed by atoms with Crippen molar-refractivity contribution in [3.8, 4) is 11.5 Å². The van der Waals surface area contributed by atoms with Crippen LogP contribution in [-0.4, -0.2) is 0 Å². The average molecular weight is 290 g/mol. The molecule has 0 radical (unpaired) electrons. The maximum absolute atomic E-state index is 5.84. The van der Waals surface area contributed by atoms with Gasteiger partial charge in [-0.15, -0.1) is 0 Å². The number of para-hydroxylation sites is 1. The van der Waals surface area contributed by atoms with Gasteiger partial charge < -0.3 is 15.8 Å². The molecule has 0 bridgehead atoms. The Labute approximate surface area is 130 Å². The van der Waals surface area contributed by atoms with Crippen molar-refractivity contribution in [2.45, 2.75) is 6.92 Å². The summed E-state index contributed by atoms with van der Waals surface area (Å²) in [6.07, 6.45) is 0. The van der Waals surface area contributed by atoms with Gasteiger partial charge in [0.25, 0.3) is 0 Å². The quantitative estimate of drug-likeness (QED) is 0.656. The first-order valence-corrected chi connectivity index (χ1v) is 7.17. The SMILES string of the molecule is Cc1cc(Oc2ccc(N)cc2)ccc1Nc1ccccc1. The number of benzene rings is 3. The zero-order chi connectivity index (χ0) is 15.4. The largest absolute Gasteiger partial charge is 0.457 e. The van der Waals surface area contributed by atoms with Crippen LogP contribution in [0.15, 0.2) is 72.8 Å². The highest BCUT2D eigenvalue weighted by molar-refractivity contribution is 5.64. The first kappa shape index (κ1) is 14.0. The number of nitrogens with one attached hydrogen (secondary N) is 1. The van der Waals surface area contributed by atoms with E-state index in [2.05, 4.69) is 12.2 Å². The van der Waals surface area contributed by atoms with E-state index in [1.165, 1.54) is 0 Å². The minimum atomic E-state index is 0.728. The van der Waals surface area contributed by atoms with E-state index in [-0.39, 0.29) is 0 Å². The van der Waals surface area contributed by atoms with Crippen molar-refractivity contribution in [2.75, 3.05) is 11.1 Å². The molecule has 0 aromatic heterocycles. The van der Waals surface area contributed by atoms with Crippen LogP contribution in [0.3, 0.4) is 0 Å². The van der Waals surface area contributed by atoms with Gasteiger partial charge in [-0.3, -0.25) is 0 Å². The zero-order valence-corrected chi connectivity index (χ0v) is 12.4. The molecule has 0 spiro atoms. The Bertz CT molecular complexity index is 752. The second-order valence-electron chi connectivity index (χ2n) is 5.14. The van der Waals surface area contributed by atoms with Crippen molar-refractivity contribution < 1.29 is 4.74 Å². The van der Waals surface area contributed by atoms with Gasteiger partial charge in [0.1, 0.15) is 11.5 Å². The molecule has 0 unspecified atom stereocenters. The number of nitrogen functional groups attached to an aromatic ring is 1. The Hall–Kier alpha value is -2.94. The molecule has 3 nitrogen and oxygen atoms in total. The van der Waals surface area contributed by atoms with Crippen LogP contribution in [0.2, 0.25) is 0 Å². The maximum Gasteiger partial charge on any atom is 0.127 e. The maximum atomic E-state index is 5.84. The first-order valence-electron chi connectivity index (χ1n) is 7.17.